The fourth-order valence-corrected chi connectivity index (χ4v) is 0.952. The maximum absolute atomic E-state index is 10.6. The molecule has 0 amide bonds. The van der Waals surface area contributed by atoms with Gasteiger partial charge in [-0.05, 0) is 13.0 Å². The molecule has 2 N–H and O–H groups in total. The Morgan fingerprint density at radius 3 is 2.53 bits per heavy atom. The number of allylic oxidation sites excluding steroid dienone is 3. The Bertz CT molecular complexity index is 399. The van der Waals surface area contributed by atoms with Crippen molar-refractivity contribution < 1.29 is 35.4 Å². The van der Waals surface area contributed by atoms with Crippen LogP contribution < -0.4 is 0 Å². The van der Waals surface area contributed by atoms with Gasteiger partial charge in [-0.3, -0.25) is 4.79 Å². The fourth-order valence-electron chi connectivity index (χ4n) is 0.952. The summed E-state index contributed by atoms with van der Waals surface area (Å²) in [4.78, 5) is 10.6. The molecule has 0 aromatic heterocycles. The smallest absolute Gasteiger partial charge is 0.133 e. The van der Waals surface area contributed by atoms with E-state index in [1.165, 1.54) is 13.0 Å². The summed E-state index contributed by atoms with van der Waals surface area (Å²) in [5, 5.41) is 18.4. The largest absolute Gasteiger partial charge is 0.388 e. The van der Waals surface area contributed by atoms with Crippen LogP contribution in [0.4, 0.5) is 0 Å². The van der Waals surface area contributed by atoms with Crippen molar-refractivity contribution in [1.82, 2.24) is 0 Å². The molecule has 0 unspecified atom stereocenters. The molecule has 0 aliphatic rings. The van der Waals surface area contributed by atoms with Crippen LogP contribution in [0.3, 0.4) is 0 Å². The van der Waals surface area contributed by atoms with Crippen LogP contribution in [-0.4, -0.2) is 28.2 Å². The van der Waals surface area contributed by atoms with Crippen LogP contribution in [0.1, 0.15) is 19.8 Å². The van der Waals surface area contributed by atoms with Gasteiger partial charge in [-0.2, -0.15) is 0 Å². The Morgan fingerprint density at radius 2 is 2.00 bits per heavy atom. The Labute approximate surface area is 122 Å². The van der Waals surface area contributed by atoms with E-state index in [0.717, 1.165) is 0 Å². The van der Waals surface area contributed by atoms with Gasteiger partial charge >= 0.3 is 0 Å². The van der Waals surface area contributed by atoms with Gasteiger partial charge in [0.05, 0.1) is 6.10 Å². The van der Waals surface area contributed by atoms with Crippen molar-refractivity contribution in [3.63, 3.8) is 0 Å². The molecule has 0 rings (SSSR count). The third-order valence-corrected chi connectivity index (χ3v) is 1.68. The number of ketones is 1. The topological polar surface area (TPSA) is 57.5 Å². The molecule has 19 heavy (non-hydrogen) atoms. The molecule has 0 fully saturated rings. The van der Waals surface area contributed by atoms with Gasteiger partial charge in [0.15, 0.2) is 0 Å². The number of hydrogen-bond donors (Lipinski definition) is 2. The van der Waals surface area contributed by atoms with E-state index in [1.807, 2.05) is 0 Å². The normalized spacial score (nSPS) is 12.5. The van der Waals surface area contributed by atoms with Gasteiger partial charge < -0.3 is 10.2 Å². The second kappa shape index (κ2) is 13.9. The molecule has 1 radical (unpaired) electrons. The van der Waals surface area contributed by atoms with Crippen LogP contribution in [0.2, 0.25) is 0 Å². The minimum absolute atomic E-state index is 0. The van der Waals surface area contributed by atoms with Gasteiger partial charge in [0.2, 0.25) is 0 Å². The van der Waals surface area contributed by atoms with E-state index < -0.39 is 12.2 Å². The average Bonchev–Trinajstić information content (AvgIpc) is 2.22. The van der Waals surface area contributed by atoms with E-state index in [9.17, 15) is 15.0 Å². The molecule has 0 spiro atoms. The summed E-state index contributed by atoms with van der Waals surface area (Å²) < 4.78 is 0. The number of rotatable bonds is 5. The zero-order valence-electron chi connectivity index (χ0n) is 10.8. The number of hydrogen-bond acceptors (Lipinski definition) is 3. The monoisotopic (exact) mass is 686 g/mol. The molecule has 0 saturated carbocycles. The number of aliphatic hydroxyl groups excluding tert-OH is 2. The molecule has 0 aliphatic carbocycles. The fraction of sp³-hybridized carbons (Fsp3) is 0.357. The summed E-state index contributed by atoms with van der Waals surface area (Å²) in [5.41, 5.74) is 0. The summed E-state index contributed by atoms with van der Waals surface area (Å²) in [7, 11) is 0. The Morgan fingerprint density at radius 1 is 1.37 bits per heavy atom. The zero-order chi connectivity index (χ0) is 13.1. The van der Waals surface area contributed by atoms with E-state index in [-0.39, 0.29) is 39.0 Å². The second-order valence-electron chi connectivity index (χ2n) is 3.43. The van der Waals surface area contributed by atoms with Crippen LogP contribution in [0.15, 0.2) is 24.3 Å². The SMILES string of the molecule is C#CC[C@@H](O)/C=C/C=C/C#C[C@@H](O)CC(C)=O.[Re].[Rf]. The van der Waals surface area contributed by atoms with Crippen LogP contribution in [0, 0.1) is 24.2 Å². The number of Topliss-reactive ketones (excluding diaryl/α,β-unsaturated/α-hetero) is 1. The van der Waals surface area contributed by atoms with Crippen molar-refractivity contribution in [3.05, 3.63) is 24.3 Å². The Kier molecular flexibility index (Phi) is 16.2. The second-order valence-corrected chi connectivity index (χ2v) is 3.43. The standard InChI is InChI=1S/C14H16O3.Re.Rf/c1-3-8-13(16)9-6-4-5-7-10-14(17)11-12(2)15;;/h1,4-6,9,13-14,16-17H,8,11H2,2H3;;/b5-4+,9-6+;;/t13-,14-;;/m1../s1. The molecule has 0 saturated heterocycles. The molecule has 2 atom stereocenters. The maximum atomic E-state index is 10.6. The molecule has 0 heterocycles. The van der Waals surface area contributed by atoms with Crippen LogP contribution >= 0.6 is 0 Å². The van der Waals surface area contributed by atoms with Gasteiger partial charge in [-0.1, -0.05) is 30.1 Å². The van der Waals surface area contributed by atoms with Crippen molar-refractivity contribution in [2.75, 3.05) is 0 Å². The molecule has 5 heteroatoms. The first-order chi connectivity index (χ1) is 8.06. The van der Waals surface area contributed by atoms with E-state index >= 15 is 0 Å². The molecule has 0 aromatic rings. The van der Waals surface area contributed by atoms with Crippen LogP contribution in [0.25, 0.3) is 0 Å². The molecule has 99 valence electrons. The van der Waals surface area contributed by atoms with Crippen molar-refractivity contribution in [2.45, 2.75) is 32.0 Å². The van der Waals surface area contributed by atoms with Crippen molar-refractivity contribution >= 4 is 5.78 Å². The predicted molar refractivity (Wildman–Crippen MR) is 66.8 cm³/mol. The summed E-state index contributed by atoms with van der Waals surface area (Å²) >= 11 is 0. The van der Waals surface area contributed by atoms with Gasteiger partial charge in [-0.15, -0.1) is 12.3 Å². The molecule has 0 bridgehead atoms. The average molecular weight is 685 g/mol. The van der Waals surface area contributed by atoms with E-state index in [0.29, 0.717) is 0 Å². The molecular formula is C14H16O3ReRf. The third kappa shape index (κ3) is 15.9. The quantitative estimate of drug-likeness (QED) is 0.334. The Balaban J connectivity index is -0.00000128. The summed E-state index contributed by atoms with van der Waals surface area (Å²) in [6.45, 7) is 1.40. The first-order valence-electron chi connectivity index (χ1n) is 5.19. The predicted octanol–water partition coefficient (Wildman–Crippen LogP) is 0.824. The summed E-state index contributed by atoms with van der Waals surface area (Å²) in [5.74, 6) is 7.32. The van der Waals surface area contributed by atoms with Crippen molar-refractivity contribution in [3.8, 4) is 24.2 Å². The Hall–Kier alpha value is -2.15. The van der Waals surface area contributed by atoms with Crippen LogP contribution in [-0.2, 0) is 25.2 Å². The summed E-state index contributed by atoms with van der Waals surface area (Å²) in [6.07, 6.45) is 10.0. The molecular weight excluding hydrogens is 669 g/mol. The first kappa shape index (κ1) is 22.1. The number of carbonyl (C=O) groups is 1. The van der Waals surface area contributed by atoms with Gasteiger partial charge in [-0.25, -0.2) is 0 Å². The summed E-state index contributed by atoms with van der Waals surface area (Å²) in [6, 6.07) is 0. The zero-order valence-corrected chi connectivity index (χ0v) is 20.0. The minimum atomic E-state index is -0.923. The first-order valence-corrected chi connectivity index (χ1v) is 5.19. The number of terminal acetylenes is 1. The van der Waals surface area contributed by atoms with E-state index in [1.54, 1.807) is 18.2 Å². The molecule has 3 nitrogen and oxygen atoms in total. The molecule has 0 aliphatic heterocycles. The number of aliphatic hydroxyl groups is 2. The van der Waals surface area contributed by atoms with Crippen LogP contribution in [0.5, 0.6) is 0 Å². The third-order valence-electron chi connectivity index (χ3n) is 1.68. The van der Waals surface area contributed by atoms with Crippen molar-refractivity contribution in [1.29, 1.82) is 0 Å². The van der Waals surface area contributed by atoms with Gasteiger partial charge in [0, 0.05) is 33.3 Å². The van der Waals surface area contributed by atoms with Gasteiger partial charge in [0.1, 0.15) is 11.9 Å². The number of carbonyl (C=O) groups excluding carboxylic acids is 1. The van der Waals surface area contributed by atoms with E-state index in [2.05, 4.69) is 17.8 Å². The van der Waals surface area contributed by atoms with Gasteiger partial charge in [0.25, 0.3) is 0 Å². The van der Waals surface area contributed by atoms with E-state index in [4.69, 9.17) is 6.42 Å². The minimum Gasteiger partial charge on any atom is -0.388 e. The molecule has 0 aromatic carbocycles. The van der Waals surface area contributed by atoms with Crippen molar-refractivity contribution in [2.24, 2.45) is 0 Å². The maximum Gasteiger partial charge on any atom is 0.133 e.